The summed E-state index contributed by atoms with van der Waals surface area (Å²) in [4.78, 5) is 20.6. The zero-order valence-electron chi connectivity index (χ0n) is 14.9. The Morgan fingerprint density at radius 1 is 1.32 bits per heavy atom. The number of nitrogens with one attached hydrogen (secondary N) is 1. The van der Waals surface area contributed by atoms with Crippen LogP contribution < -0.4 is 5.32 Å². The number of carbonyl (C=O) groups excluding carboxylic acids is 1. The van der Waals surface area contributed by atoms with Gasteiger partial charge in [0.2, 0.25) is 0 Å². The van der Waals surface area contributed by atoms with E-state index in [-0.39, 0.29) is 6.03 Å². The van der Waals surface area contributed by atoms with E-state index in [1.807, 2.05) is 19.2 Å². The van der Waals surface area contributed by atoms with Gasteiger partial charge in [-0.3, -0.25) is 9.88 Å². The smallest absolute Gasteiger partial charge is 0.317 e. The summed E-state index contributed by atoms with van der Waals surface area (Å²) in [6.45, 7) is 6.19. The van der Waals surface area contributed by atoms with Crippen LogP contribution >= 0.6 is 0 Å². The average Bonchev–Trinajstić information content (AvgIpc) is 3.18. The Morgan fingerprint density at radius 2 is 2.08 bits per heavy atom. The van der Waals surface area contributed by atoms with Crippen molar-refractivity contribution in [3.63, 3.8) is 0 Å². The van der Waals surface area contributed by atoms with E-state index in [2.05, 4.69) is 15.2 Å². The standard InChI is InChI=1S/C18H28N4O3/c1-21(13-15-2-5-19-6-3-15)18(23)20-12-17(16-4-9-25-14-16)22-7-10-24-11-8-22/h2-3,5-6,16-17H,4,7-14H2,1H3,(H,20,23)/t16-,17+/m0/s1. The maximum atomic E-state index is 12.5. The Kier molecular flexibility index (Phi) is 6.61. The van der Waals surface area contributed by atoms with Crippen molar-refractivity contribution in [2.45, 2.75) is 19.0 Å². The van der Waals surface area contributed by atoms with Gasteiger partial charge in [-0.1, -0.05) is 0 Å². The molecule has 2 saturated heterocycles. The molecule has 138 valence electrons. The van der Waals surface area contributed by atoms with Crippen molar-refractivity contribution in [2.75, 3.05) is 53.1 Å². The normalized spacial score (nSPS) is 22.5. The Labute approximate surface area is 149 Å². The molecule has 1 N–H and O–H groups in total. The molecule has 7 nitrogen and oxygen atoms in total. The molecular weight excluding hydrogens is 320 g/mol. The molecule has 2 amide bonds. The summed E-state index contributed by atoms with van der Waals surface area (Å²) in [5.74, 6) is 0.476. The Hall–Kier alpha value is -1.70. The number of pyridine rings is 1. The van der Waals surface area contributed by atoms with Gasteiger partial charge in [0.15, 0.2) is 0 Å². The third-order valence-electron chi connectivity index (χ3n) is 5.00. The summed E-state index contributed by atoms with van der Waals surface area (Å²) < 4.78 is 11.0. The molecule has 7 heteroatoms. The SMILES string of the molecule is CN(Cc1ccncc1)C(=O)NC[C@H]([C@H]1CCOC1)N1CCOCC1. The van der Waals surface area contributed by atoms with E-state index in [4.69, 9.17) is 9.47 Å². The highest BCUT2D eigenvalue weighted by Gasteiger charge is 2.31. The van der Waals surface area contributed by atoms with Crippen LogP contribution in [0.5, 0.6) is 0 Å². The second-order valence-electron chi connectivity index (χ2n) is 6.74. The lowest BCUT2D eigenvalue weighted by Crippen LogP contribution is -2.53. The number of hydrogen-bond acceptors (Lipinski definition) is 5. The third-order valence-corrected chi connectivity index (χ3v) is 5.00. The number of morpholine rings is 1. The van der Waals surface area contributed by atoms with Gasteiger partial charge in [-0.15, -0.1) is 0 Å². The molecule has 0 aromatic carbocycles. The molecule has 2 aliphatic heterocycles. The molecule has 3 rings (SSSR count). The topological polar surface area (TPSA) is 66.9 Å². The van der Waals surface area contributed by atoms with Crippen molar-refractivity contribution in [3.8, 4) is 0 Å². The molecule has 0 saturated carbocycles. The van der Waals surface area contributed by atoms with Crippen LogP contribution in [0, 0.1) is 5.92 Å². The fraction of sp³-hybridized carbons (Fsp3) is 0.667. The van der Waals surface area contributed by atoms with Crippen molar-refractivity contribution in [3.05, 3.63) is 30.1 Å². The molecule has 0 bridgehead atoms. The van der Waals surface area contributed by atoms with Crippen molar-refractivity contribution in [1.82, 2.24) is 20.1 Å². The maximum Gasteiger partial charge on any atom is 0.317 e. The van der Waals surface area contributed by atoms with E-state index in [0.717, 1.165) is 51.5 Å². The first-order valence-electron chi connectivity index (χ1n) is 9.01. The van der Waals surface area contributed by atoms with Crippen LogP contribution in [-0.2, 0) is 16.0 Å². The summed E-state index contributed by atoms with van der Waals surface area (Å²) in [7, 11) is 1.82. The number of ether oxygens (including phenoxy) is 2. The maximum absolute atomic E-state index is 12.5. The first-order valence-corrected chi connectivity index (χ1v) is 9.01. The van der Waals surface area contributed by atoms with Gasteiger partial charge in [0.1, 0.15) is 0 Å². The second-order valence-corrected chi connectivity index (χ2v) is 6.74. The molecule has 3 heterocycles. The second kappa shape index (κ2) is 9.12. The van der Waals surface area contributed by atoms with Gasteiger partial charge in [-0.2, -0.15) is 0 Å². The van der Waals surface area contributed by atoms with Gasteiger partial charge in [0, 0.05) is 64.2 Å². The van der Waals surface area contributed by atoms with Gasteiger partial charge >= 0.3 is 6.03 Å². The number of urea groups is 1. The van der Waals surface area contributed by atoms with E-state index < -0.39 is 0 Å². The number of carbonyl (C=O) groups is 1. The van der Waals surface area contributed by atoms with Crippen LogP contribution in [0.4, 0.5) is 4.79 Å². The fourth-order valence-electron chi connectivity index (χ4n) is 3.52. The summed E-state index contributed by atoms with van der Waals surface area (Å²) in [6, 6.07) is 4.12. The molecule has 2 atom stereocenters. The average molecular weight is 348 g/mol. The van der Waals surface area contributed by atoms with E-state index in [1.165, 1.54) is 0 Å². The lowest BCUT2D eigenvalue weighted by atomic mass is 9.97. The van der Waals surface area contributed by atoms with Gasteiger partial charge < -0.3 is 19.7 Å². The van der Waals surface area contributed by atoms with Crippen molar-refractivity contribution in [1.29, 1.82) is 0 Å². The fourth-order valence-corrected chi connectivity index (χ4v) is 3.52. The van der Waals surface area contributed by atoms with E-state index in [9.17, 15) is 4.79 Å². The van der Waals surface area contributed by atoms with Crippen molar-refractivity contribution >= 4 is 6.03 Å². The van der Waals surface area contributed by atoms with Crippen LogP contribution in [0.2, 0.25) is 0 Å². The number of nitrogens with zero attached hydrogens (tertiary/aromatic N) is 3. The molecule has 0 spiro atoms. The molecule has 0 aliphatic carbocycles. The lowest BCUT2D eigenvalue weighted by Gasteiger charge is -2.37. The van der Waals surface area contributed by atoms with Gasteiger partial charge in [0.05, 0.1) is 19.8 Å². The highest BCUT2D eigenvalue weighted by molar-refractivity contribution is 5.73. The Balaban J connectivity index is 1.53. The van der Waals surface area contributed by atoms with Gasteiger partial charge in [0.25, 0.3) is 0 Å². The van der Waals surface area contributed by atoms with E-state index in [0.29, 0.717) is 25.0 Å². The lowest BCUT2D eigenvalue weighted by molar-refractivity contribution is 0.00190. The predicted octanol–water partition coefficient (Wildman–Crippen LogP) is 0.960. The van der Waals surface area contributed by atoms with E-state index >= 15 is 0 Å². The van der Waals surface area contributed by atoms with Crippen molar-refractivity contribution < 1.29 is 14.3 Å². The summed E-state index contributed by atoms with van der Waals surface area (Å²) in [6.07, 6.45) is 4.55. The van der Waals surface area contributed by atoms with Crippen LogP contribution in [0.15, 0.2) is 24.5 Å². The summed E-state index contributed by atoms with van der Waals surface area (Å²) in [5.41, 5.74) is 1.07. The zero-order valence-corrected chi connectivity index (χ0v) is 14.9. The summed E-state index contributed by atoms with van der Waals surface area (Å²) in [5, 5.41) is 3.11. The number of rotatable bonds is 6. The predicted molar refractivity (Wildman–Crippen MR) is 94.2 cm³/mol. The molecule has 1 aromatic heterocycles. The molecule has 2 fully saturated rings. The first kappa shape index (κ1) is 18.1. The monoisotopic (exact) mass is 348 g/mol. The largest absolute Gasteiger partial charge is 0.381 e. The van der Waals surface area contributed by atoms with Crippen LogP contribution in [-0.4, -0.2) is 80.0 Å². The number of amides is 2. The highest BCUT2D eigenvalue weighted by atomic mass is 16.5. The first-order chi connectivity index (χ1) is 12.2. The van der Waals surface area contributed by atoms with Gasteiger partial charge in [-0.25, -0.2) is 4.79 Å². The van der Waals surface area contributed by atoms with Crippen LogP contribution in [0.25, 0.3) is 0 Å². The third kappa shape index (κ3) is 5.14. The Morgan fingerprint density at radius 3 is 2.76 bits per heavy atom. The van der Waals surface area contributed by atoms with Gasteiger partial charge in [-0.05, 0) is 24.1 Å². The highest BCUT2D eigenvalue weighted by Crippen LogP contribution is 2.21. The van der Waals surface area contributed by atoms with Crippen LogP contribution in [0.3, 0.4) is 0 Å². The van der Waals surface area contributed by atoms with Crippen LogP contribution in [0.1, 0.15) is 12.0 Å². The minimum absolute atomic E-state index is 0.0472. The minimum Gasteiger partial charge on any atom is -0.381 e. The molecule has 25 heavy (non-hydrogen) atoms. The molecule has 1 aromatic rings. The van der Waals surface area contributed by atoms with Crippen molar-refractivity contribution in [2.24, 2.45) is 5.92 Å². The number of aromatic nitrogens is 1. The number of hydrogen-bond donors (Lipinski definition) is 1. The summed E-state index contributed by atoms with van der Waals surface area (Å²) >= 11 is 0. The Bertz CT molecular complexity index is 530. The minimum atomic E-state index is -0.0472. The zero-order chi connectivity index (χ0) is 17.5. The molecule has 0 radical (unpaired) electrons. The quantitative estimate of drug-likeness (QED) is 0.829. The molecule has 0 unspecified atom stereocenters. The molecular formula is C18H28N4O3. The molecule has 2 aliphatic rings. The van der Waals surface area contributed by atoms with E-state index in [1.54, 1.807) is 17.3 Å².